The number of amidine groups is 1. The Bertz CT molecular complexity index is 491. The predicted octanol–water partition coefficient (Wildman–Crippen LogP) is 3.21. The molecule has 0 saturated heterocycles. The summed E-state index contributed by atoms with van der Waals surface area (Å²) in [6.45, 7) is 0.801. The van der Waals surface area contributed by atoms with E-state index in [1.54, 1.807) is 6.92 Å². The van der Waals surface area contributed by atoms with Crippen molar-refractivity contribution in [1.82, 2.24) is 0 Å². The Morgan fingerprint density at radius 3 is 2.60 bits per heavy atom. The molecule has 8 heteroatoms. The van der Waals surface area contributed by atoms with Gasteiger partial charge < -0.3 is 15.8 Å². The molecule has 0 amide bonds. The predicted molar refractivity (Wildman–Crippen MR) is 72.5 cm³/mol. The van der Waals surface area contributed by atoms with Gasteiger partial charge in [-0.2, -0.15) is 13.2 Å². The lowest BCUT2D eigenvalue weighted by Gasteiger charge is -2.27. The average molecular weight is 310 g/mol. The first kappa shape index (κ1) is 16.4. The lowest BCUT2D eigenvalue weighted by Crippen LogP contribution is -2.36. The Labute approximate surface area is 119 Å². The topological polar surface area (TPSA) is 61.8 Å². The minimum absolute atomic E-state index is 0.0920. The van der Waals surface area contributed by atoms with Gasteiger partial charge in [0, 0.05) is 12.2 Å². The van der Waals surface area contributed by atoms with Crippen molar-refractivity contribution in [2.24, 2.45) is 10.9 Å². The summed E-state index contributed by atoms with van der Waals surface area (Å²) in [6.07, 6.45) is -3.85. The third-order valence-corrected chi connectivity index (χ3v) is 2.87. The Morgan fingerprint density at radius 1 is 1.45 bits per heavy atom. The molecule has 0 bridgehead atoms. The first-order valence-corrected chi connectivity index (χ1v) is 6.26. The van der Waals surface area contributed by atoms with Crippen molar-refractivity contribution in [2.75, 3.05) is 18.0 Å². The van der Waals surface area contributed by atoms with E-state index in [2.05, 4.69) is 5.16 Å². The molecule has 0 aliphatic heterocycles. The van der Waals surface area contributed by atoms with E-state index in [1.807, 2.05) is 0 Å². The summed E-state index contributed by atoms with van der Waals surface area (Å²) in [7, 11) is 0. The summed E-state index contributed by atoms with van der Waals surface area (Å²) in [5.41, 5.74) is 5.78. The van der Waals surface area contributed by atoms with Crippen molar-refractivity contribution in [3.8, 4) is 0 Å². The highest BCUT2D eigenvalue weighted by Gasteiger charge is 2.32. The van der Waals surface area contributed by atoms with E-state index < -0.39 is 12.7 Å². The van der Waals surface area contributed by atoms with Crippen LogP contribution in [0.25, 0.3) is 0 Å². The maximum atomic E-state index is 12.6. The van der Waals surface area contributed by atoms with E-state index in [9.17, 15) is 13.2 Å². The number of benzene rings is 1. The molecule has 0 heterocycles. The Balaban J connectivity index is 3.29. The van der Waals surface area contributed by atoms with Gasteiger partial charge >= 0.3 is 6.18 Å². The van der Waals surface area contributed by atoms with E-state index in [0.29, 0.717) is 6.42 Å². The zero-order valence-electron chi connectivity index (χ0n) is 10.8. The number of oxime groups is 1. The van der Waals surface area contributed by atoms with Crippen LogP contribution in [0.3, 0.4) is 0 Å². The molecule has 1 rings (SSSR count). The number of hydrogen-bond donors (Lipinski definition) is 2. The highest BCUT2D eigenvalue weighted by atomic mass is 35.5. The van der Waals surface area contributed by atoms with Crippen LogP contribution in [0.2, 0.25) is 5.02 Å². The Hall–Kier alpha value is -1.63. The maximum Gasteiger partial charge on any atom is 0.405 e. The van der Waals surface area contributed by atoms with Crippen LogP contribution in [-0.4, -0.2) is 30.3 Å². The summed E-state index contributed by atoms with van der Waals surface area (Å²) in [4.78, 5) is 1.11. The minimum Gasteiger partial charge on any atom is -0.409 e. The molecule has 0 aliphatic carbocycles. The second-order valence-electron chi connectivity index (χ2n) is 4.16. The quantitative estimate of drug-likeness (QED) is 0.380. The maximum absolute atomic E-state index is 12.6. The fraction of sp³-hybridized carbons (Fsp3) is 0.417. The van der Waals surface area contributed by atoms with Gasteiger partial charge in [-0.1, -0.05) is 29.7 Å². The minimum atomic E-state index is -4.36. The van der Waals surface area contributed by atoms with Gasteiger partial charge in [-0.15, -0.1) is 0 Å². The first-order valence-electron chi connectivity index (χ1n) is 5.88. The highest BCUT2D eigenvalue weighted by molar-refractivity contribution is 6.34. The molecule has 0 atom stereocenters. The zero-order chi connectivity index (χ0) is 15.3. The van der Waals surface area contributed by atoms with Gasteiger partial charge in [0.25, 0.3) is 0 Å². The van der Waals surface area contributed by atoms with Crippen LogP contribution in [0.1, 0.15) is 18.9 Å². The van der Waals surface area contributed by atoms with Crippen LogP contribution in [0.4, 0.5) is 18.9 Å². The molecule has 0 radical (unpaired) electrons. The van der Waals surface area contributed by atoms with E-state index in [-0.39, 0.29) is 28.7 Å². The molecular weight excluding hydrogens is 295 g/mol. The number of rotatable bonds is 5. The van der Waals surface area contributed by atoms with Crippen molar-refractivity contribution in [2.45, 2.75) is 19.5 Å². The molecule has 4 nitrogen and oxygen atoms in total. The number of halogens is 4. The van der Waals surface area contributed by atoms with Crippen LogP contribution in [-0.2, 0) is 0 Å². The average Bonchev–Trinajstić information content (AvgIpc) is 2.35. The molecule has 1 aromatic carbocycles. The number of nitrogens with two attached hydrogens (primary N) is 1. The number of nitrogens with zero attached hydrogens (tertiary/aromatic N) is 2. The molecule has 0 fully saturated rings. The molecule has 1 aromatic rings. The summed E-state index contributed by atoms with van der Waals surface area (Å²) in [5, 5.41) is 11.7. The second kappa shape index (κ2) is 6.69. The molecule has 20 heavy (non-hydrogen) atoms. The van der Waals surface area contributed by atoms with E-state index >= 15 is 0 Å². The largest absolute Gasteiger partial charge is 0.409 e. The summed E-state index contributed by atoms with van der Waals surface area (Å²) < 4.78 is 37.9. The molecule has 0 aliphatic rings. The third-order valence-electron chi connectivity index (χ3n) is 2.56. The Kier molecular flexibility index (Phi) is 5.50. The normalized spacial score (nSPS) is 12.6. The molecule has 0 aromatic heterocycles. The Morgan fingerprint density at radius 2 is 2.10 bits per heavy atom. The smallest absolute Gasteiger partial charge is 0.405 e. The van der Waals surface area contributed by atoms with E-state index in [0.717, 1.165) is 4.90 Å². The van der Waals surface area contributed by atoms with Crippen molar-refractivity contribution < 1.29 is 18.4 Å². The summed E-state index contributed by atoms with van der Waals surface area (Å²) in [6, 6.07) is 4.45. The number of anilines is 1. The molecule has 0 saturated carbocycles. The van der Waals surface area contributed by atoms with E-state index in [1.165, 1.54) is 18.2 Å². The zero-order valence-corrected chi connectivity index (χ0v) is 11.5. The van der Waals surface area contributed by atoms with Crippen molar-refractivity contribution >= 4 is 23.1 Å². The lowest BCUT2D eigenvalue weighted by atomic mass is 10.1. The van der Waals surface area contributed by atoms with Crippen molar-refractivity contribution in [3.05, 3.63) is 28.8 Å². The van der Waals surface area contributed by atoms with Crippen LogP contribution < -0.4 is 10.6 Å². The fourth-order valence-corrected chi connectivity index (χ4v) is 2.12. The molecule has 112 valence electrons. The van der Waals surface area contributed by atoms with Crippen LogP contribution in [0.15, 0.2) is 23.4 Å². The van der Waals surface area contributed by atoms with Gasteiger partial charge in [0.1, 0.15) is 6.54 Å². The molecular formula is C12H15ClF3N3O. The monoisotopic (exact) mass is 309 g/mol. The van der Waals surface area contributed by atoms with Crippen LogP contribution in [0, 0.1) is 0 Å². The number of hydrogen-bond acceptors (Lipinski definition) is 3. The van der Waals surface area contributed by atoms with Crippen LogP contribution in [0.5, 0.6) is 0 Å². The second-order valence-corrected chi connectivity index (χ2v) is 4.56. The van der Waals surface area contributed by atoms with E-state index in [4.69, 9.17) is 22.5 Å². The van der Waals surface area contributed by atoms with Gasteiger partial charge in [0.15, 0.2) is 5.84 Å². The third kappa shape index (κ3) is 4.19. The lowest BCUT2D eigenvalue weighted by molar-refractivity contribution is -0.119. The van der Waals surface area contributed by atoms with Gasteiger partial charge in [-0.05, 0) is 18.6 Å². The summed E-state index contributed by atoms with van der Waals surface area (Å²) in [5.74, 6) is -0.325. The molecule has 0 unspecified atom stereocenters. The van der Waals surface area contributed by atoms with Crippen molar-refractivity contribution in [3.63, 3.8) is 0 Å². The standard InChI is InChI=1S/C12H15ClF3N3O/c1-2-6-19(7-12(14,15)16)9-5-3-4-8(13)10(9)11(17)18-20/h3-5,20H,2,6-7H2,1H3,(H2,17,18). The van der Waals surface area contributed by atoms with Gasteiger partial charge in [-0.3, -0.25) is 0 Å². The first-order chi connectivity index (χ1) is 9.30. The SMILES string of the molecule is CCCN(CC(F)(F)F)c1cccc(Cl)c1C(N)=NO. The number of alkyl halides is 3. The highest BCUT2D eigenvalue weighted by Crippen LogP contribution is 2.30. The molecule has 3 N–H and O–H groups in total. The fourth-order valence-electron chi connectivity index (χ4n) is 1.85. The van der Waals surface area contributed by atoms with Gasteiger partial charge in [0.2, 0.25) is 0 Å². The van der Waals surface area contributed by atoms with Crippen molar-refractivity contribution in [1.29, 1.82) is 0 Å². The molecule has 0 spiro atoms. The van der Waals surface area contributed by atoms with Crippen LogP contribution >= 0.6 is 11.6 Å². The van der Waals surface area contributed by atoms with Gasteiger partial charge in [0.05, 0.1) is 10.6 Å². The van der Waals surface area contributed by atoms with Gasteiger partial charge in [-0.25, -0.2) is 0 Å². The summed E-state index contributed by atoms with van der Waals surface area (Å²) >= 11 is 5.94.